The van der Waals surface area contributed by atoms with Crippen LogP contribution in [0.5, 0.6) is 0 Å². The van der Waals surface area contributed by atoms with E-state index in [1.165, 1.54) is 11.1 Å². The molecule has 2 atom stereocenters. The smallest absolute Gasteiger partial charge is 0.0449 e. The first kappa shape index (κ1) is 10.3. The lowest BCUT2D eigenvalue weighted by Gasteiger charge is -2.30. The van der Waals surface area contributed by atoms with Crippen LogP contribution in [0.4, 0.5) is 0 Å². The first-order valence-electron chi connectivity index (χ1n) is 4.88. The zero-order valence-corrected chi connectivity index (χ0v) is 9.74. The molecule has 1 aliphatic rings. The van der Waals surface area contributed by atoms with Gasteiger partial charge in [-0.25, -0.2) is 0 Å². The predicted molar refractivity (Wildman–Crippen MR) is 63.8 cm³/mol. The van der Waals surface area contributed by atoms with Gasteiger partial charge in [0.05, 0.1) is 0 Å². The number of halogens is 1. The van der Waals surface area contributed by atoms with Crippen molar-refractivity contribution < 1.29 is 0 Å². The summed E-state index contributed by atoms with van der Waals surface area (Å²) in [5.74, 6) is 1.00. The maximum absolute atomic E-state index is 6.19. The number of fused-ring (bicyclic) bond motifs is 1. The summed E-state index contributed by atoms with van der Waals surface area (Å²) < 4.78 is 0. The molecule has 14 heavy (non-hydrogen) atoms. The molecule has 0 saturated carbocycles. The molecule has 0 fully saturated rings. The lowest BCUT2D eigenvalue weighted by molar-refractivity contribution is 0.643. The first-order valence-corrected chi connectivity index (χ1v) is 6.31. The van der Waals surface area contributed by atoms with Crippen LogP contribution in [0, 0.1) is 0 Å². The minimum atomic E-state index is 0.146. The van der Waals surface area contributed by atoms with E-state index in [1.54, 1.807) is 0 Å². The van der Waals surface area contributed by atoms with Crippen LogP contribution in [0.3, 0.4) is 0 Å². The summed E-state index contributed by atoms with van der Waals surface area (Å²) >= 11 is 8.05. The predicted octanol–water partition coefficient (Wildman–Crippen LogP) is 3.37. The van der Waals surface area contributed by atoms with Gasteiger partial charge in [-0.3, -0.25) is 0 Å². The molecule has 2 N–H and O–H groups in total. The number of benzene rings is 1. The molecule has 0 spiro atoms. The summed E-state index contributed by atoms with van der Waals surface area (Å²) in [4.78, 5) is 0. The summed E-state index contributed by atoms with van der Waals surface area (Å²) in [5, 5.41) is 1.40. The Hall–Kier alpha value is -0.180. The van der Waals surface area contributed by atoms with E-state index < -0.39 is 0 Å². The quantitative estimate of drug-likeness (QED) is 0.796. The number of hydrogen-bond donors (Lipinski definition) is 1. The van der Waals surface area contributed by atoms with Gasteiger partial charge in [0.2, 0.25) is 0 Å². The van der Waals surface area contributed by atoms with Gasteiger partial charge in [-0.2, -0.15) is 11.8 Å². The average Bonchev–Trinajstić information content (AvgIpc) is 2.20. The van der Waals surface area contributed by atoms with Crippen LogP contribution >= 0.6 is 23.4 Å². The Morgan fingerprint density at radius 3 is 3.07 bits per heavy atom. The van der Waals surface area contributed by atoms with Crippen molar-refractivity contribution in [3.05, 3.63) is 34.3 Å². The number of rotatable bonds is 1. The number of thioether (sulfide) groups is 1. The van der Waals surface area contributed by atoms with Gasteiger partial charge in [0, 0.05) is 22.1 Å². The normalized spacial score (nSPS) is 25.9. The second kappa shape index (κ2) is 4.13. The minimum Gasteiger partial charge on any atom is -0.323 e. The Labute approximate surface area is 94.0 Å². The van der Waals surface area contributed by atoms with E-state index in [1.807, 2.05) is 23.9 Å². The van der Waals surface area contributed by atoms with Crippen LogP contribution in [-0.2, 0) is 5.75 Å². The van der Waals surface area contributed by atoms with Crippen LogP contribution in [0.1, 0.15) is 30.5 Å². The molecular weight excluding hydrogens is 214 g/mol. The molecule has 2 unspecified atom stereocenters. The largest absolute Gasteiger partial charge is 0.323 e. The molecule has 1 heterocycles. The van der Waals surface area contributed by atoms with E-state index in [2.05, 4.69) is 13.0 Å². The van der Waals surface area contributed by atoms with Crippen LogP contribution < -0.4 is 5.73 Å². The average molecular weight is 228 g/mol. The van der Waals surface area contributed by atoms with Crippen molar-refractivity contribution in [3.63, 3.8) is 0 Å². The molecule has 0 aliphatic carbocycles. The fourth-order valence-electron chi connectivity index (χ4n) is 1.91. The van der Waals surface area contributed by atoms with Crippen LogP contribution in [0.2, 0.25) is 5.02 Å². The molecule has 1 nitrogen and oxygen atoms in total. The van der Waals surface area contributed by atoms with Gasteiger partial charge in [0.15, 0.2) is 0 Å². The van der Waals surface area contributed by atoms with E-state index >= 15 is 0 Å². The van der Waals surface area contributed by atoms with Crippen molar-refractivity contribution in [1.29, 1.82) is 0 Å². The van der Waals surface area contributed by atoms with Crippen molar-refractivity contribution >= 4 is 23.4 Å². The maximum Gasteiger partial charge on any atom is 0.0449 e. The Balaban J connectivity index is 2.41. The standard InChI is InChI=1S/C11H14ClNS/c1-2-10-11(13)7-4-3-5-9(12)8(7)6-14-10/h3-5,10-11H,2,6,13H2,1H3. The Morgan fingerprint density at radius 2 is 2.36 bits per heavy atom. The molecule has 0 bridgehead atoms. The molecule has 0 aromatic heterocycles. The zero-order chi connectivity index (χ0) is 10.1. The molecule has 3 heteroatoms. The van der Waals surface area contributed by atoms with Crippen molar-refractivity contribution in [1.82, 2.24) is 0 Å². The molecule has 0 amide bonds. The van der Waals surface area contributed by atoms with Gasteiger partial charge in [-0.05, 0) is 23.6 Å². The Bertz CT molecular complexity index is 340. The Kier molecular flexibility index (Phi) is 3.05. The van der Waals surface area contributed by atoms with Crippen molar-refractivity contribution in [2.24, 2.45) is 5.73 Å². The summed E-state index contributed by atoms with van der Waals surface area (Å²) in [7, 11) is 0. The van der Waals surface area contributed by atoms with Crippen LogP contribution in [0.15, 0.2) is 18.2 Å². The maximum atomic E-state index is 6.19. The first-order chi connectivity index (χ1) is 6.74. The van der Waals surface area contributed by atoms with E-state index in [4.69, 9.17) is 17.3 Å². The van der Waals surface area contributed by atoms with E-state index in [0.717, 1.165) is 17.2 Å². The SMILES string of the molecule is CCC1SCc2c(Cl)cccc2C1N. The molecular formula is C11H14ClNS. The highest BCUT2D eigenvalue weighted by Gasteiger charge is 2.26. The Morgan fingerprint density at radius 1 is 1.57 bits per heavy atom. The lowest BCUT2D eigenvalue weighted by atomic mass is 9.97. The van der Waals surface area contributed by atoms with Crippen LogP contribution in [-0.4, -0.2) is 5.25 Å². The second-order valence-corrected chi connectivity index (χ2v) is 5.23. The van der Waals surface area contributed by atoms with Gasteiger partial charge in [0.25, 0.3) is 0 Å². The monoisotopic (exact) mass is 227 g/mol. The third-order valence-electron chi connectivity index (χ3n) is 2.76. The second-order valence-electron chi connectivity index (χ2n) is 3.59. The van der Waals surface area contributed by atoms with Gasteiger partial charge < -0.3 is 5.73 Å². The summed E-state index contributed by atoms with van der Waals surface area (Å²) in [5.41, 5.74) is 8.66. The summed E-state index contributed by atoms with van der Waals surface area (Å²) in [6.45, 7) is 2.19. The van der Waals surface area contributed by atoms with Gasteiger partial charge in [-0.15, -0.1) is 0 Å². The van der Waals surface area contributed by atoms with Crippen molar-refractivity contribution in [2.45, 2.75) is 30.4 Å². The molecule has 1 aromatic carbocycles. The fraction of sp³-hybridized carbons (Fsp3) is 0.455. The lowest BCUT2D eigenvalue weighted by Crippen LogP contribution is -2.27. The molecule has 1 aromatic rings. The van der Waals surface area contributed by atoms with Gasteiger partial charge in [0.1, 0.15) is 0 Å². The summed E-state index contributed by atoms with van der Waals surface area (Å²) in [6.07, 6.45) is 1.12. The highest BCUT2D eigenvalue weighted by atomic mass is 35.5. The summed E-state index contributed by atoms with van der Waals surface area (Å²) in [6, 6.07) is 6.19. The topological polar surface area (TPSA) is 26.0 Å². The molecule has 1 aliphatic heterocycles. The highest BCUT2D eigenvalue weighted by molar-refractivity contribution is 7.99. The molecule has 76 valence electrons. The van der Waals surface area contributed by atoms with Crippen LogP contribution in [0.25, 0.3) is 0 Å². The zero-order valence-electron chi connectivity index (χ0n) is 8.16. The fourth-order valence-corrected chi connectivity index (χ4v) is 3.53. The number of hydrogen-bond acceptors (Lipinski definition) is 2. The van der Waals surface area contributed by atoms with E-state index in [-0.39, 0.29) is 6.04 Å². The van der Waals surface area contributed by atoms with Gasteiger partial charge in [-0.1, -0.05) is 30.7 Å². The third-order valence-corrected chi connectivity index (χ3v) is 4.62. The van der Waals surface area contributed by atoms with Crippen molar-refractivity contribution in [3.8, 4) is 0 Å². The number of nitrogens with two attached hydrogens (primary N) is 1. The molecule has 2 rings (SSSR count). The minimum absolute atomic E-state index is 0.146. The third kappa shape index (κ3) is 1.67. The van der Waals surface area contributed by atoms with E-state index in [0.29, 0.717) is 5.25 Å². The molecule has 0 radical (unpaired) electrons. The van der Waals surface area contributed by atoms with Gasteiger partial charge >= 0.3 is 0 Å². The highest BCUT2D eigenvalue weighted by Crippen LogP contribution is 2.40. The van der Waals surface area contributed by atoms with Crippen molar-refractivity contribution in [2.75, 3.05) is 0 Å². The molecule has 0 saturated heterocycles. The van der Waals surface area contributed by atoms with E-state index in [9.17, 15) is 0 Å².